The van der Waals surface area contributed by atoms with Crippen LogP contribution >= 0.6 is 0 Å². The lowest BCUT2D eigenvalue weighted by Gasteiger charge is -2.13. The van der Waals surface area contributed by atoms with Crippen LogP contribution in [0.5, 0.6) is 11.5 Å². The number of carbonyl (C=O) groups excluding carboxylic acids is 1. The molecule has 20 heavy (non-hydrogen) atoms. The van der Waals surface area contributed by atoms with Crippen LogP contribution in [0.15, 0.2) is 18.2 Å². The second-order valence-corrected chi connectivity index (χ2v) is 4.83. The highest BCUT2D eigenvalue weighted by atomic mass is 16.5. The van der Waals surface area contributed by atoms with Crippen molar-refractivity contribution in [2.45, 2.75) is 19.9 Å². The van der Waals surface area contributed by atoms with Crippen molar-refractivity contribution in [3.05, 3.63) is 23.8 Å². The van der Waals surface area contributed by atoms with Crippen LogP contribution in [-0.2, 0) is 11.3 Å². The highest BCUT2D eigenvalue weighted by molar-refractivity contribution is 5.79. The molecule has 1 atom stereocenters. The van der Waals surface area contributed by atoms with Gasteiger partial charge in [-0.15, -0.1) is 0 Å². The predicted octanol–water partition coefficient (Wildman–Crippen LogP) is 1.32. The molecule has 5 heteroatoms. The Morgan fingerprint density at radius 1 is 1.45 bits per heavy atom. The van der Waals surface area contributed by atoms with E-state index >= 15 is 0 Å². The first-order chi connectivity index (χ1) is 9.74. The lowest BCUT2D eigenvalue weighted by Crippen LogP contribution is -2.31. The Kier molecular flexibility index (Phi) is 5.24. The summed E-state index contributed by atoms with van der Waals surface area (Å²) in [5.74, 6) is 1.63. The van der Waals surface area contributed by atoms with Gasteiger partial charge in [0.05, 0.1) is 19.6 Å². The van der Waals surface area contributed by atoms with Crippen LogP contribution in [0.4, 0.5) is 0 Å². The summed E-state index contributed by atoms with van der Waals surface area (Å²) in [6, 6.07) is 5.72. The van der Waals surface area contributed by atoms with Crippen LogP contribution < -0.4 is 20.1 Å². The first kappa shape index (κ1) is 14.7. The molecule has 1 heterocycles. The number of ether oxygens (including phenoxy) is 2. The Morgan fingerprint density at radius 2 is 2.30 bits per heavy atom. The molecule has 2 N–H and O–H groups in total. The van der Waals surface area contributed by atoms with Gasteiger partial charge in [0.25, 0.3) is 0 Å². The van der Waals surface area contributed by atoms with Crippen molar-refractivity contribution >= 4 is 5.91 Å². The van der Waals surface area contributed by atoms with Crippen LogP contribution in [-0.4, -0.2) is 32.7 Å². The summed E-state index contributed by atoms with van der Waals surface area (Å²) in [6.45, 7) is 4.75. The fourth-order valence-corrected chi connectivity index (χ4v) is 2.31. The molecule has 1 aliphatic heterocycles. The third-order valence-corrected chi connectivity index (χ3v) is 3.43. The summed E-state index contributed by atoms with van der Waals surface area (Å²) >= 11 is 0. The van der Waals surface area contributed by atoms with Crippen molar-refractivity contribution in [1.82, 2.24) is 10.6 Å². The van der Waals surface area contributed by atoms with Crippen LogP contribution in [0.3, 0.4) is 0 Å². The number of rotatable bonds is 6. The normalized spacial score (nSPS) is 17.8. The minimum atomic E-state index is 0.0968. The van der Waals surface area contributed by atoms with Crippen molar-refractivity contribution in [2.75, 3.05) is 26.8 Å². The SMILES string of the molecule is CCOc1ccc(CNC(=O)C2CCNC2)cc1OC. The van der Waals surface area contributed by atoms with Crippen molar-refractivity contribution in [3.8, 4) is 11.5 Å². The molecule has 1 aromatic rings. The van der Waals surface area contributed by atoms with E-state index in [9.17, 15) is 4.79 Å². The number of hydrogen-bond acceptors (Lipinski definition) is 4. The maximum absolute atomic E-state index is 11.9. The summed E-state index contributed by atoms with van der Waals surface area (Å²) in [4.78, 5) is 11.9. The Labute approximate surface area is 119 Å². The van der Waals surface area contributed by atoms with E-state index in [0.29, 0.717) is 18.9 Å². The Bertz CT molecular complexity index is 456. The molecule has 2 rings (SSSR count). The Morgan fingerprint density at radius 3 is 2.95 bits per heavy atom. The van der Waals surface area contributed by atoms with E-state index in [0.717, 1.165) is 30.8 Å². The third-order valence-electron chi connectivity index (χ3n) is 3.43. The lowest BCUT2D eigenvalue weighted by atomic mass is 10.1. The van der Waals surface area contributed by atoms with Gasteiger partial charge >= 0.3 is 0 Å². The number of benzene rings is 1. The van der Waals surface area contributed by atoms with Crippen molar-refractivity contribution in [2.24, 2.45) is 5.92 Å². The predicted molar refractivity (Wildman–Crippen MR) is 77.0 cm³/mol. The monoisotopic (exact) mass is 278 g/mol. The second-order valence-electron chi connectivity index (χ2n) is 4.83. The standard InChI is InChI=1S/C15H22N2O3/c1-3-20-13-5-4-11(8-14(13)19-2)9-17-15(18)12-6-7-16-10-12/h4-5,8,12,16H,3,6-7,9-10H2,1-2H3,(H,17,18). The van der Waals surface area contributed by atoms with Gasteiger partial charge in [0.2, 0.25) is 5.91 Å². The molecule has 0 aliphatic carbocycles. The first-order valence-electron chi connectivity index (χ1n) is 7.02. The summed E-state index contributed by atoms with van der Waals surface area (Å²) in [5, 5.41) is 6.16. The topological polar surface area (TPSA) is 59.6 Å². The van der Waals surface area contributed by atoms with Gasteiger partial charge in [0.1, 0.15) is 0 Å². The zero-order valence-electron chi connectivity index (χ0n) is 12.1. The second kappa shape index (κ2) is 7.14. The van der Waals surface area contributed by atoms with Gasteiger partial charge in [-0.2, -0.15) is 0 Å². The number of methoxy groups -OCH3 is 1. The molecule has 1 amide bonds. The Hall–Kier alpha value is -1.75. The van der Waals surface area contributed by atoms with E-state index in [-0.39, 0.29) is 11.8 Å². The highest BCUT2D eigenvalue weighted by Gasteiger charge is 2.21. The zero-order chi connectivity index (χ0) is 14.4. The first-order valence-corrected chi connectivity index (χ1v) is 7.02. The van der Waals surface area contributed by atoms with Crippen molar-refractivity contribution in [3.63, 3.8) is 0 Å². The molecule has 1 aromatic carbocycles. The zero-order valence-corrected chi connectivity index (χ0v) is 12.1. The molecule has 0 spiro atoms. The molecule has 0 radical (unpaired) electrons. The fraction of sp³-hybridized carbons (Fsp3) is 0.533. The van der Waals surface area contributed by atoms with Crippen molar-refractivity contribution < 1.29 is 14.3 Å². The van der Waals surface area contributed by atoms with E-state index in [4.69, 9.17) is 9.47 Å². The van der Waals surface area contributed by atoms with Crippen LogP contribution in [0.25, 0.3) is 0 Å². The van der Waals surface area contributed by atoms with E-state index in [1.165, 1.54) is 0 Å². The summed E-state index contributed by atoms with van der Waals surface area (Å²) < 4.78 is 10.8. The minimum absolute atomic E-state index is 0.0968. The van der Waals surface area contributed by atoms with E-state index in [1.807, 2.05) is 25.1 Å². The van der Waals surface area contributed by atoms with Gasteiger partial charge in [0.15, 0.2) is 11.5 Å². The number of hydrogen-bond donors (Lipinski definition) is 2. The van der Waals surface area contributed by atoms with Gasteiger partial charge in [0, 0.05) is 13.1 Å². The number of carbonyl (C=O) groups is 1. The maximum atomic E-state index is 11.9. The summed E-state index contributed by atoms with van der Waals surface area (Å²) in [6.07, 6.45) is 0.915. The number of amides is 1. The molecule has 1 aliphatic rings. The lowest BCUT2D eigenvalue weighted by molar-refractivity contribution is -0.124. The molecule has 110 valence electrons. The molecular weight excluding hydrogens is 256 g/mol. The van der Waals surface area contributed by atoms with Gasteiger partial charge in [-0.25, -0.2) is 0 Å². The van der Waals surface area contributed by atoms with E-state index < -0.39 is 0 Å². The van der Waals surface area contributed by atoms with Gasteiger partial charge in [-0.3, -0.25) is 4.79 Å². The summed E-state index contributed by atoms with van der Waals surface area (Å²) in [7, 11) is 1.62. The average Bonchev–Trinajstić information content (AvgIpc) is 3.00. The number of nitrogens with one attached hydrogen (secondary N) is 2. The maximum Gasteiger partial charge on any atom is 0.224 e. The van der Waals surface area contributed by atoms with Crippen molar-refractivity contribution in [1.29, 1.82) is 0 Å². The van der Waals surface area contributed by atoms with Crippen LogP contribution in [0, 0.1) is 5.92 Å². The molecular formula is C15H22N2O3. The van der Waals surface area contributed by atoms with Crippen LogP contribution in [0.2, 0.25) is 0 Å². The molecule has 5 nitrogen and oxygen atoms in total. The molecule has 0 aromatic heterocycles. The highest BCUT2D eigenvalue weighted by Crippen LogP contribution is 2.28. The molecule has 0 saturated carbocycles. The summed E-state index contributed by atoms with van der Waals surface area (Å²) in [5.41, 5.74) is 1.00. The quantitative estimate of drug-likeness (QED) is 0.824. The Balaban J connectivity index is 1.93. The smallest absolute Gasteiger partial charge is 0.224 e. The van der Waals surface area contributed by atoms with E-state index in [1.54, 1.807) is 7.11 Å². The van der Waals surface area contributed by atoms with Crippen LogP contribution in [0.1, 0.15) is 18.9 Å². The molecule has 0 bridgehead atoms. The van der Waals surface area contributed by atoms with Gasteiger partial charge < -0.3 is 20.1 Å². The molecule has 1 fully saturated rings. The largest absolute Gasteiger partial charge is 0.493 e. The fourth-order valence-electron chi connectivity index (χ4n) is 2.31. The van der Waals surface area contributed by atoms with E-state index in [2.05, 4.69) is 10.6 Å². The van der Waals surface area contributed by atoms with Gasteiger partial charge in [-0.1, -0.05) is 6.07 Å². The molecule has 1 saturated heterocycles. The molecule has 1 unspecified atom stereocenters. The third kappa shape index (κ3) is 3.63. The van der Waals surface area contributed by atoms with Gasteiger partial charge in [-0.05, 0) is 37.6 Å². The minimum Gasteiger partial charge on any atom is -0.493 e. The average molecular weight is 278 g/mol.